The Bertz CT molecular complexity index is 1150. The number of fused-ring (bicyclic) bond motifs is 1. The van der Waals surface area contributed by atoms with Crippen molar-refractivity contribution in [1.82, 2.24) is 9.80 Å². The third-order valence-electron chi connectivity index (χ3n) is 7.59. The van der Waals surface area contributed by atoms with Gasteiger partial charge in [0.05, 0.1) is 17.7 Å². The van der Waals surface area contributed by atoms with Crippen LogP contribution in [0.1, 0.15) is 47.4 Å². The van der Waals surface area contributed by atoms with Crippen LogP contribution in [0.3, 0.4) is 0 Å². The minimum absolute atomic E-state index is 0.0398. The Hall–Kier alpha value is -3.43. The lowest BCUT2D eigenvalue weighted by Crippen LogP contribution is -2.48. The van der Waals surface area contributed by atoms with E-state index in [4.69, 9.17) is 14.2 Å². The fraction of sp³-hybridized carbons (Fsp3) is 0.500. The van der Waals surface area contributed by atoms with Crippen molar-refractivity contribution in [1.29, 1.82) is 0 Å². The lowest BCUT2D eigenvalue weighted by Gasteiger charge is -2.36. The van der Waals surface area contributed by atoms with Gasteiger partial charge < -0.3 is 29.3 Å². The summed E-state index contributed by atoms with van der Waals surface area (Å²) in [5, 5.41) is 2.97. The molecule has 2 aliphatic rings. The predicted octanol–water partition coefficient (Wildman–Crippen LogP) is 3.70. The van der Waals surface area contributed by atoms with Crippen LogP contribution in [0.15, 0.2) is 48.5 Å². The molecule has 2 aromatic carbocycles. The number of rotatable bonds is 4. The van der Waals surface area contributed by atoms with Gasteiger partial charge in [-0.3, -0.25) is 14.4 Å². The third kappa shape index (κ3) is 6.96. The van der Waals surface area contributed by atoms with Crippen LogP contribution >= 0.6 is 0 Å². The molecular weight excluding hydrogens is 498 g/mol. The molecule has 0 saturated carbocycles. The molecule has 1 saturated heterocycles. The summed E-state index contributed by atoms with van der Waals surface area (Å²) in [5.41, 5.74) is 1.54. The first-order chi connectivity index (χ1) is 18.8. The topological polar surface area (TPSA) is 97.4 Å². The maximum atomic E-state index is 13.6. The smallest absolute Gasteiger partial charge is 0.257 e. The van der Waals surface area contributed by atoms with Gasteiger partial charge in [-0.05, 0) is 44.0 Å². The Balaban J connectivity index is 1.63. The van der Waals surface area contributed by atoms with Crippen molar-refractivity contribution in [2.24, 2.45) is 11.8 Å². The number of carbonyl (C=O) groups excluding carboxylic acids is 3. The molecule has 210 valence electrons. The fourth-order valence-corrected chi connectivity index (χ4v) is 5.08. The summed E-state index contributed by atoms with van der Waals surface area (Å²) in [4.78, 5) is 43.3. The van der Waals surface area contributed by atoms with Gasteiger partial charge in [-0.25, -0.2) is 0 Å². The summed E-state index contributed by atoms with van der Waals surface area (Å²) >= 11 is 0. The molecule has 1 N–H and O–H groups in total. The van der Waals surface area contributed by atoms with Crippen LogP contribution in [0, 0.1) is 11.8 Å². The molecule has 2 aliphatic heterocycles. The molecule has 9 nitrogen and oxygen atoms in total. The minimum atomic E-state index is -0.293. The van der Waals surface area contributed by atoms with Gasteiger partial charge >= 0.3 is 0 Å². The second-order valence-corrected chi connectivity index (χ2v) is 10.5. The quantitative estimate of drug-likeness (QED) is 0.639. The van der Waals surface area contributed by atoms with Crippen LogP contribution in [-0.4, -0.2) is 86.7 Å². The highest BCUT2D eigenvalue weighted by Gasteiger charge is 2.31. The molecule has 3 amide bonds. The second kappa shape index (κ2) is 13.1. The molecular formula is C30H39N3O6. The number of ether oxygens (including phenoxy) is 3. The van der Waals surface area contributed by atoms with Gasteiger partial charge in [-0.15, -0.1) is 0 Å². The van der Waals surface area contributed by atoms with E-state index in [2.05, 4.69) is 5.32 Å². The molecule has 0 aliphatic carbocycles. The number of nitrogens with zero attached hydrogens (tertiary/aromatic N) is 2. The van der Waals surface area contributed by atoms with Crippen LogP contribution < -0.4 is 10.1 Å². The summed E-state index contributed by atoms with van der Waals surface area (Å²) < 4.78 is 17.4. The Morgan fingerprint density at radius 2 is 1.74 bits per heavy atom. The summed E-state index contributed by atoms with van der Waals surface area (Å²) in [7, 11) is 3.36. The van der Waals surface area contributed by atoms with Crippen molar-refractivity contribution in [3.63, 3.8) is 0 Å². The fourth-order valence-electron chi connectivity index (χ4n) is 5.08. The maximum Gasteiger partial charge on any atom is 0.257 e. The molecule has 2 heterocycles. The Kier molecular flexibility index (Phi) is 9.59. The number of anilines is 1. The molecule has 4 rings (SSSR count). The largest absolute Gasteiger partial charge is 0.491 e. The van der Waals surface area contributed by atoms with Crippen molar-refractivity contribution in [3.05, 3.63) is 59.7 Å². The zero-order chi connectivity index (χ0) is 27.9. The van der Waals surface area contributed by atoms with E-state index >= 15 is 0 Å². The van der Waals surface area contributed by atoms with E-state index in [1.54, 1.807) is 49.4 Å². The highest BCUT2D eigenvalue weighted by molar-refractivity contribution is 5.99. The first kappa shape index (κ1) is 28.6. The highest BCUT2D eigenvalue weighted by Crippen LogP contribution is 2.28. The predicted molar refractivity (Wildman–Crippen MR) is 148 cm³/mol. The second-order valence-electron chi connectivity index (χ2n) is 10.5. The van der Waals surface area contributed by atoms with E-state index in [-0.39, 0.29) is 48.3 Å². The first-order valence-electron chi connectivity index (χ1n) is 13.6. The number of nitrogens with one attached hydrogen (secondary N) is 1. The van der Waals surface area contributed by atoms with E-state index < -0.39 is 0 Å². The van der Waals surface area contributed by atoms with Gasteiger partial charge in [0.1, 0.15) is 12.4 Å². The number of methoxy groups -OCH3 is 1. The van der Waals surface area contributed by atoms with Gasteiger partial charge in [0.25, 0.3) is 11.8 Å². The monoisotopic (exact) mass is 537 g/mol. The zero-order valence-corrected chi connectivity index (χ0v) is 23.2. The molecule has 0 radical (unpaired) electrons. The number of likely N-dealkylation sites (N-methyl/N-ethyl adjacent to an activating group) is 1. The Morgan fingerprint density at radius 3 is 2.44 bits per heavy atom. The lowest BCUT2D eigenvalue weighted by molar-refractivity contribution is -0.122. The van der Waals surface area contributed by atoms with E-state index in [1.807, 2.05) is 36.9 Å². The Morgan fingerprint density at radius 1 is 1.03 bits per heavy atom. The van der Waals surface area contributed by atoms with Crippen molar-refractivity contribution in [2.45, 2.75) is 38.8 Å². The lowest BCUT2D eigenvalue weighted by atomic mass is 9.99. The van der Waals surface area contributed by atoms with Gasteiger partial charge in [0, 0.05) is 69.6 Å². The number of benzene rings is 2. The molecule has 3 atom stereocenters. The van der Waals surface area contributed by atoms with E-state index in [0.717, 1.165) is 0 Å². The van der Waals surface area contributed by atoms with E-state index in [9.17, 15) is 14.4 Å². The summed E-state index contributed by atoms with van der Waals surface area (Å²) in [5.74, 6) is -0.154. The van der Waals surface area contributed by atoms with Crippen LogP contribution in [0.4, 0.5) is 5.69 Å². The van der Waals surface area contributed by atoms with E-state index in [0.29, 0.717) is 61.7 Å². The first-order valence-corrected chi connectivity index (χ1v) is 13.6. The average Bonchev–Trinajstić information content (AvgIpc) is 2.97. The molecule has 9 heteroatoms. The van der Waals surface area contributed by atoms with Gasteiger partial charge in [0.15, 0.2) is 0 Å². The standard InChI is InChI=1S/C30H39N3O6/c1-20-17-33(29(35)23-8-6-5-7-9-23)21(2)19-39-26-16-24(31-28(34)22-12-14-38-15-13-22)10-11-25(26)30(36)32(3)18-27(20)37-4/h5-11,16,20-22,27H,12-15,17-19H2,1-4H3,(H,31,34)/t20-,21-,27-/m0/s1. The van der Waals surface area contributed by atoms with Crippen LogP contribution in [0.2, 0.25) is 0 Å². The number of hydrogen-bond donors (Lipinski definition) is 1. The summed E-state index contributed by atoms with van der Waals surface area (Å²) in [6.07, 6.45) is 1.08. The summed E-state index contributed by atoms with van der Waals surface area (Å²) in [6, 6.07) is 14.0. The normalized spacial score (nSPS) is 23.2. The SMILES string of the molecule is CO[C@H]1CN(C)C(=O)c2ccc(NC(=O)C3CCOCC3)cc2OC[C@H](C)N(C(=O)c2ccccc2)C[C@@H]1C. The molecule has 0 spiro atoms. The van der Waals surface area contributed by atoms with Gasteiger partial charge in [-0.1, -0.05) is 25.1 Å². The van der Waals surface area contributed by atoms with Crippen LogP contribution in [0.5, 0.6) is 5.75 Å². The minimum Gasteiger partial charge on any atom is -0.491 e. The van der Waals surface area contributed by atoms with E-state index in [1.165, 1.54) is 0 Å². The summed E-state index contributed by atoms with van der Waals surface area (Å²) in [6.45, 7) is 6.06. The van der Waals surface area contributed by atoms with Crippen molar-refractivity contribution >= 4 is 23.4 Å². The Labute approximate surface area is 230 Å². The van der Waals surface area contributed by atoms with Gasteiger partial charge in [-0.2, -0.15) is 0 Å². The number of hydrogen-bond acceptors (Lipinski definition) is 6. The molecule has 0 aromatic heterocycles. The average molecular weight is 538 g/mol. The van der Waals surface area contributed by atoms with Crippen molar-refractivity contribution in [2.75, 3.05) is 52.4 Å². The van der Waals surface area contributed by atoms with Crippen molar-refractivity contribution in [3.8, 4) is 5.75 Å². The molecule has 0 unspecified atom stereocenters. The maximum absolute atomic E-state index is 13.6. The third-order valence-corrected chi connectivity index (χ3v) is 7.59. The van der Waals surface area contributed by atoms with Crippen LogP contribution in [-0.2, 0) is 14.3 Å². The highest BCUT2D eigenvalue weighted by atomic mass is 16.5. The zero-order valence-electron chi connectivity index (χ0n) is 23.2. The van der Waals surface area contributed by atoms with Crippen molar-refractivity contribution < 1.29 is 28.6 Å². The molecule has 2 aromatic rings. The van der Waals surface area contributed by atoms with Gasteiger partial charge in [0.2, 0.25) is 5.91 Å². The molecule has 39 heavy (non-hydrogen) atoms. The van der Waals surface area contributed by atoms with Crippen LogP contribution in [0.25, 0.3) is 0 Å². The number of amides is 3. The number of carbonyl (C=O) groups is 3. The molecule has 1 fully saturated rings. The molecule has 0 bridgehead atoms.